The highest BCUT2D eigenvalue weighted by Gasteiger charge is 1.88. The second-order valence-corrected chi connectivity index (χ2v) is 2.56. The van der Waals surface area contributed by atoms with Crippen molar-refractivity contribution >= 4 is 28.3 Å². The second-order valence-electron chi connectivity index (χ2n) is 2.00. The average Bonchev–Trinajstić information content (AvgIpc) is 1.88. The Morgan fingerprint density at radius 1 is 1.50 bits per heavy atom. The van der Waals surface area contributed by atoms with Gasteiger partial charge in [-0.25, -0.2) is 0 Å². The molecule has 0 atom stereocenters. The van der Waals surface area contributed by atoms with E-state index in [9.17, 15) is 0 Å². The summed E-state index contributed by atoms with van der Waals surface area (Å²) in [5.74, 6) is 0. The van der Waals surface area contributed by atoms with Gasteiger partial charge in [0.25, 0.3) is 0 Å². The van der Waals surface area contributed by atoms with E-state index in [1.54, 1.807) is 0 Å². The van der Waals surface area contributed by atoms with Crippen molar-refractivity contribution in [1.82, 2.24) is 4.98 Å². The lowest BCUT2D eigenvalue weighted by molar-refractivity contribution is 1.21. The first-order chi connectivity index (χ1) is 4.33. The van der Waals surface area contributed by atoms with Gasteiger partial charge in [-0.1, -0.05) is 22.0 Å². The lowest BCUT2D eigenvalue weighted by atomic mass is 10.2. The van der Waals surface area contributed by atoms with Gasteiger partial charge >= 0.3 is 0 Å². The fourth-order valence-electron chi connectivity index (χ4n) is 0.691. The van der Waals surface area contributed by atoms with Crippen molar-refractivity contribution in [2.75, 3.05) is 0 Å². The maximum absolute atomic E-state index is 4.03. The Hall–Kier alpha value is -0.0800. The molecule has 0 amide bonds. The number of halogens is 2. The van der Waals surface area contributed by atoms with E-state index < -0.39 is 0 Å². The average molecular weight is 223 g/mol. The Morgan fingerprint density at radius 2 is 2.20 bits per heavy atom. The molecule has 1 heterocycles. The van der Waals surface area contributed by atoms with Crippen LogP contribution in [0.3, 0.4) is 0 Å². The Balaban J connectivity index is 0.000000810. The quantitative estimate of drug-likeness (QED) is 0.666. The second kappa shape index (κ2) is 4.69. The molecule has 1 nitrogen and oxygen atoms in total. The molecule has 56 valence electrons. The van der Waals surface area contributed by atoms with Gasteiger partial charge < -0.3 is 0 Å². The molecule has 0 saturated carbocycles. The van der Waals surface area contributed by atoms with Crippen molar-refractivity contribution in [2.24, 2.45) is 0 Å². The third kappa shape index (κ3) is 2.67. The molecule has 3 heteroatoms. The lowest BCUT2D eigenvalue weighted by Crippen LogP contribution is -1.81. The van der Waals surface area contributed by atoms with Crippen LogP contribution in [0.2, 0.25) is 0 Å². The van der Waals surface area contributed by atoms with Crippen LogP contribution < -0.4 is 0 Å². The van der Waals surface area contributed by atoms with Crippen molar-refractivity contribution in [1.29, 1.82) is 0 Å². The molecule has 0 aromatic carbocycles. The van der Waals surface area contributed by atoms with E-state index in [1.807, 2.05) is 19.3 Å². The summed E-state index contributed by atoms with van der Waals surface area (Å²) in [5, 5.41) is 0.891. The first-order valence-electron chi connectivity index (χ1n) is 2.79. The fourth-order valence-corrected chi connectivity index (χ4v) is 0.997. The summed E-state index contributed by atoms with van der Waals surface area (Å²) in [6.45, 7) is 2.04. The van der Waals surface area contributed by atoms with Crippen molar-refractivity contribution < 1.29 is 0 Å². The molecule has 0 aliphatic heterocycles. The Kier molecular flexibility index (Phi) is 4.65. The van der Waals surface area contributed by atoms with E-state index in [0.717, 1.165) is 5.33 Å². The van der Waals surface area contributed by atoms with Gasteiger partial charge in [0.1, 0.15) is 0 Å². The lowest BCUT2D eigenvalue weighted by Gasteiger charge is -1.93. The highest BCUT2D eigenvalue weighted by atomic mass is 79.9. The zero-order valence-corrected chi connectivity index (χ0v) is 8.08. The zero-order chi connectivity index (χ0) is 6.69. The Bertz CT molecular complexity index is 203. The molecule has 0 bridgehead atoms. The summed E-state index contributed by atoms with van der Waals surface area (Å²) in [4.78, 5) is 4.03. The third-order valence-corrected chi connectivity index (χ3v) is 1.73. The Labute approximate surface area is 75.4 Å². The summed E-state index contributed by atoms with van der Waals surface area (Å²) in [6.07, 6.45) is 3.72. The van der Waals surface area contributed by atoms with Crippen molar-refractivity contribution in [2.45, 2.75) is 12.3 Å². The first kappa shape index (κ1) is 9.92. The molecule has 0 saturated heterocycles. The number of pyridine rings is 1. The smallest absolute Gasteiger partial charge is 0.0308 e. The standard InChI is InChI=1S/C7H8BrN.ClH/c1-6-2-7(3-8)5-9-4-6;/h2,4-5H,3H2,1H3;1H. The van der Waals surface area contributed by atoms with Crippen LogP contribution in [0.4, 0.5) is 0 Å². The predicted molar refractivity (Wildman–Crippen MR) is 48.9 cm³/mol. The van der Waals surface area contributed by atoms with Gasteiger partial charge in [-0.2, -0.15) is 0 Å². The minimum absolute atomic E-state index is 0. The summed E-state index contributed by atoms with van der Waals surface area (Å²) in [6, 6.07) is 2.11. The van der Waals surface area contributed by atoms with Gasteiger partial charge in [-0.3, -0.25) is 4.98 Å². The molecule has 0 spiro atoms. The Morgan fingerprint density at radius 3 is 2.60 bits per heavy atom. The molecule has 1 aromatic heterocycles. The summed E-state index contributed by atoms with van der Waals surface area (Å²) < 4.78 is 0. The van der Waals surface area contributed by atoms with Crippen LogP contribution in [0.1, 0.15) is 11.1 Å². The number of alkyl halides is 1. The van der Waals surface area contributed by atoms with E-state index in [-0.39, 0.29) is 12.4 Å². The van der Waals surface area contributed by atoms with E-state index in [0.29, 0.717) is 0 Å². The summed E-state index contributed by atoms with van der Waals surface area (Å²) in [5.41, 5.74) is 2.45. The molecular formula is C7H9BrClN. The van der Waals surface area contributed by atoms with Crippen LogP contribution in [-0.2, 0) is 5.33 Å². The monoisotopic (exact) mass is 221 g/mol. The van der Waals surface area contributed by atoms with Crippen LogP contribution in [0.5, 0.6) is 0 Å². The minimum atomic E-state index is 0. The number of hydrogen-bond acceptors (Lipinski definition) is 1. The molecule has 0 fully saturated rings. The molecule has 0 radical (unpaired) electrons. The van der Waals surface area contributed by atoms with Gasteiger partial charge in [0.15, 0.2) is 0 Å². The fraction of sp³-hybridized carbons (Fsp3) is 0.286. The van der Waals surface area contributed by atoms with Gasteiger partial charge in [0, 0.05) is 17.7 Å². The van der Waals surface area contributed by atoms with E-state index in [2.05, 4.69) is 27.0 Å². The topological polar surface area (TPSA) is 12.9 Å². The number of hydrogen-bond donors (Lipinski definition) is 0. The number of nitrogens with zero attached hydrogens (tertiary/aromatic N) is 1. The largest absolute Gasteiger partial charge is 0.264 e. The van der Waals surface area contributed by atoms with Crippen molar-refractivity contribution in [3.05, 3.63) is 29.6 Å². The predicted octanol–water partition coefficient (Wildman–Crippen LogP) is 2.71. The molecule has 0 N–H and O–H groups in total. The molecule has 10 heavy (non-hydrogen) atoms. The van der Waals surface area contributed by atoms with Crippen LogP contribution >= 0.6 is 28.3 Å². The van der Waals surface area contributed by atoms with E-state index >= 15 is 0 Å². The number of aromatic nitrogens is 1. The zero-order valence-electron chi connectivity index (χ0n) is 5.67. The maximum Gasteiger partial charge on any atom is 0.0308 e. The highest BCUT2D eigenvalue weighted by molar-refractivity contribution is 9.08. The molecule has 1 rings (SSSR count). The van der Waals surface area contributed by atoms with Crippen LogP contribution in [0, 0.1) is 6.92 Å². The van der Waals surface area contributed by atoms with Crippen LogP contribution in [0.15, 0.2) is 18.5 Å². The first-order valence-corrected chi connectivity index (χ1v) is 3.91. The molecule has 0 unspecified atom stereocenters. The summed E-state index contributed by atoms with van der Waals surface area (Å²) >= 11 is 3.35. The van der Waals surface area contributed by atoms with E-state index in [4.69, 9.17) is 0 Å². The molecule has 0 aliphatic carbocycles. The van der Waals surface area contributed by atoms with Crippen molar-refractivity contribution in [3.63, 3.8) is 0 Å². The van der Waals surface area contributed by atoms with Gasteiger partial charge in [0.05, 0.1) is 0 Å². The number of aryl methyl sites for hydroxylation is 1. The SMILES string of the molecule is Cc1cncc(CBr)c1.Cl. The highest BCUT2D eigenvalue weighted by Crippen LogP contribution is 2.04. The number of rotatable bonds is 1. The van der Waals surface area contributed by atoms with Crippen LogP contribution in [-0.4, -0.2) is 4.98 Å². The van der Waals surface area contributed by atoms with E-state index in [1.165, 1.54) is 11.1 Å². The van der Waals surface area contributed by atoms with Crippen LogP contribution in [0.25, 0.3) is 0 Å². The normalized spacial score (nSPS) is 8.60. The molecular weight excluding hydrogens is 213 g/mol. The van der Waals surface area contributed by atoms with Gasteiger partial charge in [0.2, 0.25) is 0 Å². The minimum Gasteiger partial charge on any atom is -0.264 e. The van der Waals surface area contributed by atoms with Gasteiger partial charge in [-0.15, -0.1) is 12.4 Å². The molecule has 1 aromatic rings. The summed E-state index contributed by atoms with van der Waals surface area (Å²) in [7, 11) is 0. The third-order valence-electron chi connectivity index (χ3n) is 1.09. The van der Waals surface area contributed by atoms with Crippen molar-refractivity contribution in [3.8, 4) is 0 Å². The molecule has 0 aliphatic rings. The van der Waals surface area contributed by atoms with Gasteiger partial charge in [-0.05, 0) is 18.1 Å². The maximum atomic E-state index is 4.03.